The number of carbonyl (C=O) groups excluding carboxylic acids is 2. The fourth-order valence-corrected chi connectivity index (χ4v) is 2.50. The highest BCUT2D eigenvalue weighted by molar-refractivity contribution is 6.04. The first kappa shape index (κ1) is 16.6. The van der Waals surface area contributed by atoms with Crippen molar-refractivity contribution in [3.05, 3.63) is 47.8 Å². The van der Waals surface area contributed by atoms with E-state index in [2.05, 4.69) is 25.6 Å². The van der Waals surface area contributed by atoms with Crippen molar-refractivity contribution in [1.29, 1.82) is 0 Å². The van der Waals surface area contributed by atoms with Gasteiger partial charge in [0.05, 0.1) is 17.5 Å². The smallest absolute Gasteiger partial charge is 0.255 e. The standard InChI is InChI=1S/C18H19N5O2/c1-3-7-20-18(25)13-9-21-16-15(13)23-14(10-22-16)11-5-4-6-12(8-11)17(24)19-2/h4-6,8-10H,3,7H2,1-2H3,(H,19,24)(H,20,25)(H,21,22). The Morgan fingerprint density at radius 2 is 2.08 bits per heavy atom. The Morgan fingerprint density at radius 1 is 1.24 bits per heavy atom. The third kappa shape index (κ3) is 3.35. The number of H-pyrrole nitrogens is 1. The second kappa shape index (κ2) is 7.12. The summed E-state index contributed by atoms with van der Waals surface area (Å²) in [5.74, 6) is -0.351. The Hall–Kier alpha value is -3.22. The maximum atomic E-state index is 12.3. The third-order valence-corrected chi connectivity index (χ3v) is 3.81. The number of rotatable bonds is 5. The van der Waals surface area contributed by atoms with Gasteiger partial charge in [-0.05, 0) is 18.6 Å². The van der Waals surface area contributed by atoms with Crippen LogP contribution in [0.25, 0.3) is 22.4 Å². The minimum Gasteiger partial charge on any atom is -0.355 e. The number of fused-ring (bicyclic) bond motifs is 1. The predicted molar refractivity (Wildman–Crippen MR) is 95.3 cm³/mol. The van der Waals surface area contributed by atoms with E-state index in [1.54, 1.807) is 37.6 Å². The van der Waals surface area contributed by atoms with E-state index in [-0.39, 0.29) is 11.8 Å². The van der Waals surface area contributed by atoms with Crippen LogP contribution < -0.4 is 10.6 Å². The van der Waals surface area contributed by atoms with Gasteiger partial charge < -0.3 is 15.6 Å². The molecule has 0 aliphatic heterocycles. The molecule has 0 bridgehead atoms. The zero-order chi connectivity index (χ0) is 17.8. The van der Waals surface area contributed by atoms with Crippen LogP contribution in [0.15, 0.2) is 36.7 Å². The molecular formula is C18H19N5O2. The second-order valence-electron chi connectivity index (χ2n) is 5.57. The lowest BCUT2D eigenvalue weighted by molar-refractivity contribution is 0.0950. The molecule has 0 radical (unpaired) electrons. The van der Waals surface area contributed by atoms with Crippen molar-refractivity contribution in [2.24, 2.45) is 0 Å². The van der Waals surface area contributed by atoms with E-state index in [0.29, 0.717) is 34.5 Å². The molecule has 3 aromatic rings. The summed E-state index contributed by atoms with van der Waals surface area (Å²) in [6, 6.07) is 7.12. The first-order valence-corrected chi connectivity index (χ1v) is 8.09. The van der Waals surface area contributed by atoms with Crippen LogP contribution in [0.2, 0.25) is 0 Å². The number of benzene rings is 1. The van der Waals surface area contributed by atoms with Crippen molar-refractivity contribution in [1.82, 2.24) is 25.6 Å². The van der Waals surface area contributed by atoms with Crippen LogP contribution in [0, 0.1) is 0 Å². The molecule has 7 nitrogen and oxygen atoms in total. The lowest BCUT2D eigenvalue weighted by Gasteiger charge is -2.05. The number of carbonyl (C=O) groups is 2. The molecule has 0 atom stereocenters. The maximum absolute atomic E-state index is 12.3. The molecule has 128 valence electrons. The number of nitrogens with zero attached hydrogens (tertiary/aromatic N) is 2. The second-order valence-corrected chi connectivity index (χ2v) is 5.57. The van der Waals surface area contributed by atoms with Gasteiger partial charge in [-0.1, -0.05) is 19.1 Å². The number of nitrogens with one attached hydrogen (secondary N) is 3. The fraction of sp³-hybridized carbons (Fsp3) is 0.222. The van der Waals surface area contributed by atoms with Crippen molar-refractivity contribution in [3.63, 3.8) is 0 Å². The van der Waals surface area contributed by atoms with Crippen LogP contribution in [-0.4, -0.2) is 40.4 Å². The molecule has 2 amide bonds. The molecule has 0 aliphatic carbocycles. The lowest BCUT2D eigenvalue weighted by Crippen LogP contribution is -2.23. The molecule has 0 aliphatic rings. The van der Waals surface area contributed by atoms with Gasteiger partial charge in [-0.25, -0.2) is 9.97 Å². The average Bonchev–Trinajstić information content (AvgIpc) is 3.08. The van der Waals surface area contributed by atoms with E-state index >= 15 is 0 Å². The largest absolute Gasteiger partial charge is 0.355 e. The molecule has 0 unspecified atom stereocenters. The summed E-state index contributed by atoms with van der Waals surface area (Å²) >= 11 is 0. The van der Waals surface area contributed by atoms with E-state index < -0.39 is 0 Å². The zero-order valence-electron chi connectivity index (χ0n) is 14.1. The minimum atomic E-state index is -0.182. The van der Waals surface area contributed by atoms with Crippen molar-refractivity contribution in [3.8, 4) is 11.3 Å². The molecule has 1 aromatic carbocycles. The van der Waals surface area contributed by atoms with Crippen molar-refractivity contribution in [2.45, 2.75) is 13.3 Å². The zero-order valence-corrected chi connectivity index (χ0v) is 14.1. The topological polar surface area (TPSA) is 99.8 Å². The van der Waals surface area contributed by atoms with Gasteiger partial charge >= 0.3 is 0 Å². The first-order valence-electron chi connectivity index (χ1n) is 8.09. The highest BCUT2D eigenvalue weighted by Crippen LogP contribution is 2.22. The highest BCUT2D eigenvalue weighted by Gasteiger charge is 2.15. The Balaban J connectivity index is 2.01. The Labute approximate surface area is 144 Å². The first-order chi connectivity index (χ1) is 12.1. The van der Waals surface area contributed by atoms with Crippen LogP contribution in [0.5, 0.6) is 0 Å². The van der Waals surface area contributed by atoms with Gasteiger partial charge in [0.1, 0.15) is 5.52 Å². The molecule has 25 heavy (non-hydrogen) atoms. The SMILES string of the molecule is CCCNC(=O)c1c[nH]c2ncc(-c3cccc(C(=O)NC)c3)nc12. The van der Waals surface area contributed by atoms with E-state index in [1.165, 1.54) is 0 Å². The molecule has 3 N–H and O–H groups in total. The van der Waals surface area contributed by atoms with Gasteiger partial charge in [0.2, 0.25) is 0 Å². The van der Waals surface area contributed by atoms with E-state index in [0.717, 1.165) is 12.0 Å². The number of aromatic nitrogens is 3. The normalized spacial score (nSPS) is 10.6. The summed E-state index contributed by atoms with van der Waals surface area (Å²) < 4.78 is 0. The van der Waals surface area contributed by atoms with Crippen LogP contribution >= 0.6 is 0 Å². The third-order valence-electron chi connectivity index (χ3n) is 3.81. The van der Waals surface area contributed by atoms with Gasteiger partial charge in [0, 0.05) is 30.9 Å². The lowest BCUT2D eigenvalue weighted by atomic mass is 10.1. The molecular weight excluding hydrogens is 318 g/mol. The quantitative estimate of drug-likeness (QED) is 0.664. The van der Waals surface area contributed by atoms with Gasteiger partial charge in [-0.2, -0.15) is 0 Å². The molecule has 0 fully saturated rings. The Kier molecular flexibility index (Phi) is 4.74. The van der Waals surface area contributed by atoms with Gasteiger partial charge in [-0.15, -0.1) is 0 Å². The Morgan fingerprint density at radius 3 is 2.84 bits per heavy atom. The highest BCUT2D eigenvalue weighted by atomic mass is 16.2. The predicted octanol–water partition coefficient (Wildman–Crippen LogP) is 2.12. The monoisotopic (exact) mass is 337 g/mol. The van der Waals surface area contributed by atoms with Crippen molar-refractivity contribution >= 4 is 23.0 Å². The summed E-state index contributed by atoms with van der Waals surface area (Å²) in [6.45, 7) is 2.60. The van der Waals surface area contributed by atoms with Gasteiger partial charge in [0.25, 0.3) is 11.8 Å². The van der Waals surface area contributed by atoms with Gasteiger partial charge in [0.15, 0.2) is 5.65 Å². The number of hydrogen-bond acceptors (Lipinski definition) is 4. The number of aromatic amines is 1. The summed E-state index contributed by atoms with van der Waals surface area (Å²) in [7, 11) is 1.59. The average molecular weight is 337 g/mol. The molecule has 3 rings (SSSR count). The van der Waals surface area contributed by atoms with E-state index in [9.17, 15) is 9.59 Å². The van der Waals surface area contributed by atoms with Gasteiger partial charge in [-0.3, -0.25) is 9.59 Å². The Bertz CT molecular complexity index is 932. The van der Waals surface area contributed by atoms with Crippen LogP contribution in [0.1, 0.15) is 34.1 Å². The summed E-state index contributed by atoms with van der Waals surface area (Å²) in [4.78, 5) is 35.9. The summed E-state index contributed by atoms with van der Waals surface area (Å²) in [6.07, 6.45) is 4.09. The van der Waals surface area contributed by atoms with Crippen molar-refractivity contribution < 1.29 is 9.59 Å². The molecule has 0 spiro atoms. The minimum absolute atomic E-state index is 0.169. The molecule has 0 saturated heterocycles. The van der Waals surface area contributed by atoms with E-state index in [1.807, 2.05) is 13.0 Å². The number of hydrogen-bond donors (Lipinski definition) is 3. The van der Waals surface area contributed by atoms with Crippen molar-refractivity contribution in [2.75, 3.05) is 13.6 Å². The number of amides is 2. The molecule has 2 heterocycles. The van der Waals surface area contributed by atoms with Crippen LogP contribution in [-0.2, 0) is 0 Å². The summed E-state index contributed by atoms with van der Waals surface area (Å²) in [5, 5.41) is 5.43. The van der Waals surface area contributed by atoms with Crippen LogP contribution in [0.3, 0.4) is 0 Å². The molecule has 7 heteroatoms. The van der Waals surface area contributed by atoms with Crippen LogP contribution in [0.4, 0.5) is 0 Å². The summed E-state index contributed by atoms with van der Waals surface area (Å²) in [5.41, 5.74) is 3.42. The van der Waals surface area contributed by atoms with E-state index in [4.69, 9.17) is 0 Å². The fourth-order valence-electron chi connectivity index (χ4n) is 2.50. The molecule has 2 aromatic heterocycles. The maximum Gasteiger partial charge on any atom is 0.255 e. The molecule has 0 saturated carbocycles.